The van der Waals surface area contributed by atoms with Crippen molar-refractivity contribution < 1.29 is 8.95 Å². The average Bonchev–Trinajstić information content (AvgIpc) is 3.41. The summed E-state index contributed by atoms with van der Waals surface area (Å²) in [5.41, 5.74) is 4.44. The summed E-state index contributed by atoms with van der Waals surface area (Å²) in [5.74, 6) is 0.712. The highest BCUT2D eigenvalue weighted by molar-refractivity contribution is 7.83. The van der Waals surface area contributed by atoms with Gasteiger partial charge in [-0.15, -0.1) is 11.3 Å². The Morgan fingerprint density at radius 1 is 0.970 bits per heavy atom. The summed E-state index contributed by atoms with van der Waals surface area (Å²) in [5, 5.41) is 10.8. The van der Waals surface area contributed by atoms with Gasteiger partial charge in [-0.05, 0) is 48.9 Å². The van der Waals surface area contributed by atoms with Crippen molar-refractivity contribution in [2.75, 3.05) is 7.11 Å². The van der Waals surface area contributed by atoms with Gasteiger partial charge < -0.3 is 4.74 Å². The first kappa shape index (κ1) is 21.2. The fourth-order valence-corrected chi connectivity index (χ4v) is 6.19. The summed E-state index contributed by atoms with van der Waals surface area (Å²) in [7, 11) is 0.0952. The molecule has 2 heterocycles. The van der Waals surface area contributed by atoms with E-state index in [1.165, 1.54) is 11.3 Å². The Bertz CT molecular complexity index is 1520. The first-order valence-corrected chi connectivity index (χ1v) is 12.3. The molecule has 1 unspecified atom stereocenters. The van der Waals surface area contributed by atoms with E-state index in [9.17, 15) is 9.47 Å². The van der Waals surface area contributed by atoms with E-state index in [4.69, 9.17) is 4.74 Å². The summed E-state index contributed by atoms with van der Waals surface area (Å²) < 4.78 is 21.2. The molecule has 2 aromatic heterocycles. The molecule has 0 amide bonds. The van der Waals surface area contributed by atoms with Gasteiger partial charge in [-0.25, -0.2) is 4.21 Å². The maximum atomic E-state index is 14.0. The van der Waals surface area contributed by atoms with Crippen LogP contribution in [0.25, 0.3) is 33.3 Å². The van der Waals surface area contributed by atoms with E-state index in [0.717, 1.165) is 38.2 Å². The van der Waals surface area contributed by atoms with Gasteiger partial charge in [-0.2, -0.15) is 5.26 Å². The van der Waals surface area contributed by atoms with Crippen LogP contribution >= 0.6 is 11.3 Å². The first-order valence-electron chi connectivity index (χ1n) is 10.4. The fourth-order valence-electron chi connectivity index (χ4n) is 4.09. The summed E-state index contributed by atoms with van der Waals surface area (Å²) in [4.78, 5) is 2.39. The lowest BCUT2D eigenvalue weighted by Gasteiger charge is -2.13. The van der Waals surface area contributed by atoms with Crippen molar-refractivity contribution in [2.45, 2.75) is 11.8 Å². The predicted molar refractivity (Wildman–Crippen MR) is 135 cm³/mol. The zero-order chi connectivity index (χ0) is 22.9. The smallest absolute Gasteiger partial charge is 0.157 e. The summed E-state index contributed by atoms with van der Waals surface area (Å²) in [6.07, 6.45) is 0. The van der Waals surface area contributed by atoms with Crippen LogP contribution in [0.3, 0.4) is 0 Å². The molecule has 0 spiro atoms. The van der Waals surface area contributed by atoms with Gasteiger partial charge >= 0.3 is 0 Å². The third-order valence-corrected chi connectivity index (χ3v) is 7.87. The monoisotopic (exact) mass is 468 g/mol. The molecule has 1 atom stereocenters. The third-order valence-electron chi connectivity index (χ3n) is 5.53. The van der Waals surface area contributed by atoms with Crippen molar-refractivity contribution in [3.63, 3.8) is 0 Å². The van der Waals surface area contributed by atoms with Crippen LogP contribution in [0.15, 0.2) is 89.8 Å². The maximum absolute atomic E-state index is 14.0. The first-order chi connectivity index (χ1) is 16.1. The lowest BCUT2D eigenvalue weighted by Crippen LogP contribution is -2.07. The Morgan fingerprint density at radius 3 is 2.36 bits per heavy atom. The number of para-hydroxylation sites is 1. The number of benzene rings is 3. The Labute approximate surface area is 198 Å². The lowest BCUT2D eigenvalue weighted by atomic mass is 9.98. The Morgan fingerprint density at radius 2 is 1.67 bits per heavy atom. The largest absolute Gasteiger partial charge is 0.497 e. The molecule has 0 radical (unpaired) electrons. The predicted octanol–water partition coefficient (Wildman–Crippen LogP) is 6.80. The van der Waals surface area contributed by atoms with Gasteiger partial charge in [0.05, 0.1) is 23.2 Å². The van der Waals surface area contributed by atoms with E-state index in [0.29, 0.717) is 15.5 Å². The van der Waals surface area contributed by atoms with E-state index in [1.807, 2.05) is 89.8 Å². The van der Waals surface area contributed by atoms with Crippen LogP contribution in [0.2, 0.25) is 0 Å². The SMILES string of the molecule is COc1ccc(S(=O)n2c(-c3ccccc3)c(-c3cc(C)sc3C#N)c3ccccc32)cc1. The van der Waals surface area contributed by atoms with Gasteiger partial charge in [0.15, 0.2) is 11.0 Å². The average molecular weight is 469 g/mol. The third kappa shape index (κ3) is 3.66. The highest BCUT2D eigenvalue weighted by Crippen LogP contribution is 2.45. The standard InChI is InChI=1S/C27H20N2O2S2/c1-18-16-23(25(17-28)32-18)26-22-10-6-7-11-24(22)29(27(26)19-8-4-3-5-9-19)33(30)21-14-12-20(31-2)13-15-21/h3-16H,1-2H3. The van der Waals surface area contributed by atoms with Gasteiger partial charge in [-0.1, -0.05) is 48.5 Å². The van der Waals surface area contributed by atoms with Crippen molar-refractivity contribution in [1.29, 1.82) is 5.26 Å². The van der Waals surface area contributed by atoms with Crippen LogP contribution in [0, 0.1) is 18.3 Å². The second-order valence-electron chi connectivity index (χ2n) is 7.54. The second-order valence-corrected chi connectivity index (χ2v) is 10.1. The number of nitrogens with zero attached hydrogens (tertiary/aromatic N) is 2. The molecule has 5 aromatic rings. The molecule has 6 heteroatoms. The Hall–Kier alpha value is -3.66. The van der Waals surface area contributed by atoms with Crippen LogP contribution in [-0.4, -0.2) is 15.3 Å². The maximum Gasteiger partial charge on any atom is 0.157 e. The molecule has 0 saturated carbocycles. The molecule has 0 aliphatic carbocycles. The minimum Gasteiger partial charge on any atom is -0.497 e. The minimum absolute atomic E-state index is 0.655. The van der Waals surface area contributed by atoms with Crippen LogP contribution in [0.4, 0.5) is 0 Å². The number of nitriles is 1. The van der Waals surface area contributed by atoms with Crippen molar-refractivity contribution in [3.05, 3.63) is 94.7 Å². The molecule has 33 heavy (non-hydrogen) atoms. The molecule has 0 aliphatic heterocycles. The summed E-state index contributed by atoms with van der Waals surface area (Å²) in [6.45, 7) is 2.01. The van der Waals surface area contributed by atoms with Crippen molar-refractivity contribution in [3.8, 4) is 34.2 Å². The van der Waals surface area contributed by atoms with Gasteiger partial charge in [0.25, 0.3) is 0 Å². The fraction of sp³-hybridized carbons (Fsp3) is 0.0741. The zero-order valence-corrected chi connectivity index (χ0v) is 19.7. The minimum atomic E-state index is -1.52. The normalized spacial score (nSPS) is 11.9. The molecular weight excluding hydrogens is 448 g/mol. The molecule has 0 bridgehead atoms. The highest BCUT2D eigenvalue weighted by Gasteiger charge is 2.26. The zero-order valence-electron chi connectivity index (χ0n) is 18.1. The molecule has 0 saturated heterocycles. The van der Waals surface area contributed by atoms with Gasteiger partial charge in [0.2, 0.25) is 0 Å². The Kier molecular flexibility index (Phi) is 5.59. The number of thiophene rings is 1. The van der Waals surface area contributed by atoms with Crippen molar-refractivity contribution in [2.24, 2.45) is 0 Å². The topological polar surface area (TPSA) is 55.0 Å². The van der Waals surface area contributed by atoms with Gasteiger partial charge in [0.1, 0.15) is 16.7 Å². The van der Waals surface area contributed by atoms with Crippen LogP contribution in [-0.2, 0) is 11.0 Å². The number of hydrogen-bond donors (Lipinski definition) is 0. The quantitative estimate of drug-likeness (QED) is 0.285. The highest BCUT2D eigenvalue weighted by atomic mass is 32.2. The van der Waals surface area contributed by atoms with Crippen molar-refractivity contribution in [1.82, 2.24) is 3.97 Å². The molecule has 3 aromatic carbocycles. The summed E-state index contributed by atoms with van der Waals surface area (Å²) >= 11 is 1.48. The molecule has 0 N–H and O–H groups in total. The van der Waals surface area contributed by atoms with Gasteiger partial charge in [0, 0.05) is 21.4 Å². The molecule has 0 fully saturated rings. The molecule has 0 aliphatic rings. The Balaban J connectivity index is 1.88. The molecule has 5 rings (SSSR count). The van der Waals surface area contributed by atoms with Crippen molar-refractivity contribution >= 4 is 33.2 Å². The number of aromatic nitrogens is 1. The lowest BCUT2D eigenvalue weighted by molar-refractivity contribution is 0.414. The molecule has 4 nitrogen and oxygen atoms in total. The summed E-state index contributed by atoms with van der Waals surface area (Å²) in [6, 6.07) is 29.6. The number of ether oxygens (including phenoxy) is 1. The number of rotatable bonds is 5. The number of aryl methyl sites for hydroxylation is 1. The molecular formula is C27H20N2O2S2. The second kappa shape index (κ2) is 8.70. The van der Waals surface area contributed by atoms with Crippen LogP contribution < -0.4 is 4.74 Å². The van der Waals surface area contributed by atoms with E-state index >= 15 is 0 Å². The number of fused-ring (bicyclic) bond motifs is 1. The van der Waals surface area contributed by atoms with E-state index in [-0.39, 0.29) is 0 Å². The number of hydrogen-bond acceptors (Lipinski definition) is 4. The molecule has 162 valence electrons. The van der Waals surface area contributed by atoms with Crippen LogP contribution in [0.5, 0.6) is 5.75 Å². The van der Waals surface area contributed by atoms with Crippen LogP contribution in [0.1, 0.15) is 9.75 Å². The number of methoxy groups -OCH3 is 1. The van der Waals surface area contributed by atoms with Gasteiger partial charge in [-0.3, -0.25) is 3.97 Å². The van der Waals surface area contributed by atoms with E-state index in [2.05, 4.69) is 12.1 Å². The van der Waals surface area contributed by atoms with E-state index in [1.54, 1.807) is 7.11 Å². The van der Waals surface area contributed by atoms with E-state index < -0.39 is 11.0 Å².